The molecule has 1 amide bonds. The Labute approximate surface area is 164 Å². The average Bonchev–Trinajstić information content (AvgIpc) is 3.14. The van der Waals surface area contributed by atoms with Gasteiger partial charge < -0.3 is 5.32 Å². The molecule has 0 bridgehead atoms. The Bertz CT molecular complexity index is 1020. The molecule has 1 aromatic heterocycles. The fraction of sp³-hybridized carbons (Fsp3) is 0.174. The minimum atomic E-state index is -0.411. The molecular formula is C23H22N4O. The number of rotatable bonds is 6. The van der Waals surface area contributed by atoms with Crippen molar-refractivity contribution >= 4 is 12.0 Å². The number of nitriles is 1. The molecule has 0 aliphatic heterocycles. The van der Waals surface area contributed by atoms with E-state index in [0.717, 1.165) is 28.8 Å². The van der Waals surface area contributed by atoms with Gasteiger partial charge in [0.2, 0.25) is 0 Å². The molecule has 0 saturated carbocycles. The number of benzene rings is 2. The molecule has 5 heteroatoms. The van der Waals surface area contributed by atoms with Gasteiger partial charge in [-0.15, -0.1) is 0 Å². The zero-order valence-electron chi connectivity index (χ0n) is 16.0. The maximum Gasteiger partial charge on any atom is 0.261 e. The molecule has 0 spiro atoms. The second-order valence-corrected chi connectivity index (χ2v) is 6.42. The van der Waals surface area contributed by atoms with E-state index >= 15 is 0 Å². The molecule has 1 N–H and O–H groups in total. The highest BCUT2D eigenvalue weighted by atomic mass is 16.1. The van der Waals surface area contributed by atoms with E-state index in [2.05, 4.69) is 24.4 Å². The molecule has 2 aromatic carbocycles. The summed E-state index contributed by atoms with van der Waals surface area (Å²) >= 11 is 0. The van der Waals surface area contributed by atoms with Crippen LogP contribution in [0, 0.1) is 11.3 Å². The third kappa shape index (κ3) is 4.36. The summed E-state index contributed by atoms with van der Waals surface area (Å²) in [5.74, 6) is -0.411. The van der Waals surface area contributed by atoms with Crippen molar-refractivity contribution in [2.24, 2.45) is 0 Å². The molecule has 3 rings (SSSR count). The van der Waals surface area contributed by atoms with Crippen molar-refractivity contribution in [3.63, 3.8) is 0 Å². The van der Waals surface area contributed by atoms with Crippen molar-refractivity contribution in [2.75, 3.05) is 7.05 Å². The standard InChI is InChI=1S/C23H22N4O/c1-3-17-9-11-19(12-10-17)22-21(13-20(14-24)23(28)25-2)16-27(26-22)15-18-7-5-4-6-8-18/h4-13,16H,3,15H2,1-2H3,(H,25,28)/b20-13+. The Morgan fingerprint density at radius 2 is 1.86 bits per heavy atom. The van der Waals surface area contributed by atoms with Gasteiger partial charge in [0.05, 0.1) is 12.2 Å². The van der Waals surface area contributed by atoms with Gasteiger partial charge in [0.1, 0.15) is 11.6 Å². The van der Waals surface area contributed by atoms with Gasteiger partial charge in [0.15, 0.2) is 0 Å². The van der Waals surface area contributed by atoms with Crippen LogP contribution in [0.3, 0.4) is 0 Å². The Kier molecular flexibility index (Phi) is 6.03. The Balaban J connectivity index is 2.05. The van der Waals surface area contributed by atoms with E-state index in [4.69, 9.17) is 5.10 Å². The number of aromatic nitrogens is 2. The zero-order valence-corrected chi connectivity index (χ0v) is 16.0. The summed E-state index contributed by atoms with van der Waals surface area (Å²) in [5, 5.41) is 16.6. The molecule has 0 saturated heterocycles. The number of carbonyl (C=O) groups excluding carboxylic acids is 1. The number of nitrogens with zero attached hydrogens (tertiary/aromatic N) is 3. The monoisotopic (exact) mass is 370 g/mol. The predicted octanol–water partition coefficient (Wildman–Crippen LogP) is 3.81. The van der Waals surface area contributed by atoms with Crippen LogP contribution in [0.15, 0.2) is 66.4 Å². The van der Waals surface area contributed by atoms with Crippen LogP contribution < -0.4 is 5.32 Å². The van der Waals surface area contributed by atoms with Crippen molar-refractivity contribution in [1.82, 2.24) is 15.1 Å². The minimum Gasteiger partial charge on any atom is -0.354 e. The first-order chi connectivity index (χ1) is 13.6. The molecular weight excluding hydrogens is 348 g/mol. The van der Waals surface area contributed by atoms with E-state index in [1.54, 1.807) is 6.08 Å². The van der Waals surface area contributed by atoms with Crippen molar-refractivity contribution in [3.8, 4) is 17.3 Å². The SMILES string of the molecule is CCc1ccc(-c2nn(Cc3ccccc3)cc2/C=C(\C#N)C(=O)NC)cc1. The normalized spacial score (nSPS) is 11.1. The lowest BCUT2D eigenvalue weighted by molar-refractivity contribution is -0.116. The van der Waals surface area contributed by atoms with Gasteiger partial charge in [0, 0.05) is 24.4 Å². The van der Waals surface area contributed by atoms with E-state index in [1.165, 1.54) is 12.6 Å². The fourth-order valence-electron chi connectivity index (χ4n) is 2.96. The second-order valence-electron chi connectivity index (χ2n) is 6.42. The van der Waals surface area contributed by atoms with Gasteiger partial charge in [-0.05, 0) is 23.6 Å². The summed E-state index contributed by atoms with van der Waals surface area (Å²) in [7, 11) is 1.51. The third-order valence-electron chi connectivity index (χ3n) is 4.50. The lowest BCUT2D eigenvalue weighted by Gasteiger charge is -2.03. The summed E-state index contributed by atoms with van der Waals surface area (Å²) in [6.45, 7) is 2.72. The number of likely N-dealkylation sites (N-methyl/N-ethyl adjacent to an activating group) is 1. The van der Waals surface area contributed by atoms with Gasteiger partial charge in [-0.3, -0.25) is 9.48 Å². The molecule has 0 radical (unpaired) electrons. The lowest BCUT2D eigenvalue weighted by Crippen LogP contribution is -2.19. The highest BCUT2D eigenvalue weighted by Crippen LogP contribution is 2.25. The molecule has 0 fully saturated rings. The minimum absolute atomic E-state index is 0.0492. The topological polar surface area (TPSA) is 70.7 Å². The maximum absolute atomic E-state index is 11.9. The van der Waals surface area contributed by atoms with Crippen LogP contribution in [0.2, 0.25) is 0 Å². The van der Waals surface area contributed by atoms with E-state index in [9.17, 15) is 10.1 Å². The first-order valence-electron chi connectivity index (χ1n) is 9.19. The highest BCUT2D eigenvalue weighted by Gasteiger charge is 2.14. The molecule has 140 valence electrons. The smallest absolute Gasteiger partial charge is 0.261 e. The van der Waals surface area contributed by atoms with Crippen LogP contribution in [0.4, 0.5) is 0 Å². The quantitative estimate of drug-likeness (QED) is 0.530. The number of aryl methyl sites for hydroxylation is 1. The molecule has 0 atom stereocenters. The summed E-state index contributed by atoms with van der Waals surface area (Å²) in [6.07, 6.45) is 4.43. The molecule has 5 nitrogen and oxygen atoms in total. The number of hydrogen-bond acceptors (Lipinski definition) is 3. The molecule has 3 aromatic rings. The maximum atomic E-state index is 11.9. The Morgan fingerprint density at radius 3 is 2.46 bits per heavy atom. The van der Waals surface area contributed by atoms with E-state index in [0.29, 0.717) is 6.54 Å². The summed E-state index contributed by atoms with van der Waals surface area (Å²) in [4.78, 5) is 11.9. The van der Waals surface area contributed by atoms with Gasteiger partial charge in [-0.2, -0.15) is 10.4 Å². The van der Waals surface area contributed by atoms with Crippen molar-refractivity contribution in [2.45, 2.75) is 19.9 Å². The Morgan fingerprint density at radius 1 is 1.14 bits per heavy atom. The van der Waals surface area contributed by atoms with Crippen LogP contribution >= 0.6 is 0 Å². The van der Waals surface area contributed by atoms with E-state index < -0.39 is 5.91 Å². The number of nitrogens with one attached hydrogen (secondary N) is 1. The van der Waals surface area contributed by atoms with Crippen LogP contribution in [0.1, 0.15) is 23.6 Å². The van der Waals surface area contributed by atoms with Gasteiger partial charge in [0.25, 0.3) is 5.91 Å². The van der Waals surface area contributed by atoms with Gasteiger partial charge in [-0.1, -0.05) is 61.5 Å². The van der Waals surface area contributed by atoms with Crippen molar-refractivity contribution in [1.29, 1.82) is 5.26 Å². The first kappa shape index (κ1) is 19.1. The first-order valence-corrected chi connectivity index (χ1v) is 9.19. The van der Waals surface area contributed by atoms with E-state index in [1.807, 2.05) is 59.4 Å². The predicted molar refractivity (Wildman–Crippen MR) is 110 cm³/mol. The van der Waals surface area contributed by atoms with Crippen LogP contribution in [-0.2, 0) is 17.8 Å². The Hall–Kier alpha value is -3.65. The molecule has 0 aliphatic carbocycles. The highest BCUT2D eigenvalue weighted by molar-refractivity contribution is 6.02. The largest absolute Gasteiger partial charge is 0.354 e. The summed E-state index contributed by atoms with van der Waals surface area (Å²) in [5.41, 5.74) is 4.85. The fourth-order valence-corrected chi connectivity index (χ4v) is 2.96. The number of hydrogen-bond donors (Lipinski definition) is 1. The second kappa shape index (κ2) is 8.83. The van der Waals surface area contributed by atoms with Crippen LogP contribution in [0.25, 0.3) is 17.3 Å². The number of amides is 1. The van der Waals surface area contributed by atoms with E-state index in [-0.39, 0.29) is 5.57 Å². The third-order valence-corrected chi connectivity index (χ3v) is 4.50. The molecule has 1 heterocycles. The molecule has 28 heavy (non-hydrogen) atoms. The van der Waals surface area contributed by atoms with Gasteiger partial charge >= 0.3 is 0 Å². The molecule has 0 aliphatic rings. The summed E-state index contributed by atoms with van der Waals surface area (Å²) < 4.78 is 1.84. The molecule has 0 unspecified atom stereocenters. The zero-order chi connectivity index (χ0) is 19.9. The van der Waals surface area contributed by atoms with Crippen molar-refractivity contribution < 1.29 is 4.79 Å². The number of carbonyl (C=O) groups is 1. The lowest BCUT2D eigenvalue weighted by atomic mass is 10.0. The van der Waals surface area contributed by atoms with Crippen LogP contribution in [0.5, 0.6) is 0 Å². The van der Waals surface area contributed by atoms with Crippen molar-refractivity contribution in [3.05, 3.63) is 83.1 Å². The van der Waals surface area contributed by atoms with Gasteiger partial charge in [-0.25, -0.2) is 0 Å². The summed E-state index contributed by atoms with van der Waals surface area (Å²) in [6, 6.07) is 20.2. The average molecular weight is 370 g/mol. The van der Waals surface area contributed by atoms with Crippen LogP contribution in [-0.4, -0.2) is 22.7 Å².